The van der Waals surface area contributed by atoms with Crippen molar-refractivity contribution >= 4 is 5.78 Å². The highest BCUT2D eigenvalue weighted by Crippen LogP contribution is 2.12. The van der Waals surface area contributed by atoms with Crippen molar-refractivity contribution in [3.63, 3.8) is 0 Å². The summed E-state index contributed by atoms with van der Waals surface area (Å²) in [7, 11) is 0. The van der Waals surface area contributed by atoms with Gasteiger partial charge in [0.05, 0.1) is 0 Å². The van der Waals surface area contributed by atoms with Gasteiger partial charge in [-0.2, -0.15) is 0 Å². The highest BCUT2D eigenvalue weighted by Gasteiger charge is 2.17. The van der Waals surface area contributed by atoms with E-state index < -0.39 is 0 Å². The number of nitrogens with zero attached hydrogens (tertiary/aromatic N) is 4. The molecule has 1 aliphatic heterocycles. The van der Waals surface area contributed by atoms with Crippen LogP contribution in [0.15, 0.2) is 12.4 Å². The molecule has 0 bridgehead atoms. The van der Waals surface area contributed by atoms with Crippen molar-refractivity contribution in [2.45, 2.75) is 38.6 Å². The molecule has 3 heterocycles. The second kappa shape index (κ2) is 4.41. The normalized spacial score (nSPS) is 20.2. The molecule has 3 rings (SSSR count). The van der Waals surface area contributed by atoms with Gasteiger partial charge in [0.25, 0.3) is 5.78 Å². The standard InChI is InChI=1S/C12H17N5/c1-2-9-7-14-12-16-15-11(17(12)8-9)6-10-4-3-5-13-10/h7-8,10,13H,2-6H2,1H3. The first kappa shape index (κ1) is 10.7. The molecule has 5 heteroatoms. The van der Waals surface area contributed by atoms with E-state index in [1.165, 1.54) is 18.4 Å². The molecule has 1 saturated heterocycles. The molecule has 0 aliphatic carbocycles. The summed E-state index contributed by atoms with van der Waals surface area (Å²) in [6.07, 6.45) is 8.40. The minimum atomic E-state index is 0.549. The van der Waals surface area contributed by atoms with Gasteiger partial charge in [0, 0.05) is 24.9 Å². The minimum absolute atomic E-state index is 0.549. The molecule has 1 atom stereocenters. The molecule has 2 aromatic heterocycles. The molecule has 90 valence electrons. The van der Waals surface area contributed by atoms with Crippen LogP contribution in [0, 0.1) is 0 Å². The van der Waals surface area contributed by atoms with E-state index in [1.807, 2.05) is 10.6 Å². The fraction of sp³-hybridized carbons (Fsp3) is 0.583. The molecule has 0 aromatic carbocycles. The first-order valence-corrected chi connectivity index (χ1v) is 6.28. The van der Waals surface area contributed by atoms with E-state index in [1.54, 1.807) is 0 Å². The summed E-state index contributed by atoms with van der Waals surface area (Å²) in [5.41, 5.74) is 1.22. The largest absolute Gasteiger partial charge is 0.314 e. The summed E-state index contributed by atoms with van der Waals surface area (Å²) >= 11 is 0. The van der Waals surface area contributed by atoms with Gasteiger partial charge in [-0.15, -0.1) is 10.2 Å². The average molecular weight is 231 g/mol. The Kier molecular flexibility index (Phi) is 2.76. The van der Waals surface area contributed by atoms with Crippen LogP contribution in [0.25, 0.3) is 5.78 Å². The van der Waals surface area contributed by atoms with E-state index in [0.29, 0.717) is 11.8 Å². The number of hydrogen-bond acceptors (Lipinski definition) is 4. The fourth-order valence-electron chi connectivity index (χ4n) is 2.35. The lowest BCUT2D eigenvalue weighted by Gasteiger charge is -2.08. The Morgan fingerprint density at radius 2 is 2.41 bits per heavy atom. The monoisotopic (exact) mass is 231 g/mol. The lowest BCUT2D eigenvalue weighted by atomic mass is 10.1. The molecule has 1 N–H and O–H groups in total. The highest BCUT2D eigenvalue weighted by molar-refractivity contribution is 5.29. The van der Waals surface area contributed by atoms with Crippen molar-refractivity contribution in [1.29, 1.82) is 0 Å². The van der Waals surface area contributed by atoms with Crippen LogP contribution in [-0.2, 0) is 12.8 Å². The maximum Gasteiger partial charge on any atom is 0.254 e. The van der Waals surface area contributed by atoms with Gasteiger partial charge in [0.15, 0.2) is 0 Å². The summed E-state index contributed by atoms with van der Waals surface area (Å²) in [6, 6.07) is 0.549. The van der Waals surface area contributed by atoms with Crippen molar-refractivity contribution in [2.24, 2.45) is 0 Å². The Labute approximate surface area is 100 Å². The lowest BCUT2D eigenvalue weighted by molar-refractivity contribution is 0.582. The third kappa shape index (κ3) is 2.02. The van der Waals surface area contributed by atoms with Gasteiger partial charge in [-0.05, 0) is 31.4 Å². The molecule has 2 aromatic rings. The number of rotatable bonds is 3. The first-order valence-electron chi connectivity index (χ1n) is 6.28. The molecule has 1 unspecified atom stereocenters. The molecule has 5 nitrogen and oxygen atoms in total. The van der Waals surface area contributed by atoms with Crippen LogP contribution in [0.2, 0.25) is 0 Å². The van der Waals surface area contributed by atoms with Gasteiger partial charge in [-0.3, -0.25) is 4.40 Å². The van der Waals surface area contributed by atoms with E-state index in [9.17, 15) is 0 Å². The third-order valence-corrected chi connectivity index (χ3v) is 3.39. The van der Waals surface area contributed by atoms with Crippen LogP contribution < -0.4 is 5.32 Å². The molecule has 0 radical (unpaired) electrons. The van der Waals surface area contributed by atoms with Crippen molar-refractivity contribution in [3.8, 4) is 0 Å². The molecule has 0 saturated carbocycles. The zero-order chi connectivity index (χ0) is 11.7. The quantitative estimate of drug-likeness (QED) is 0.855. The molecule has 17 heavy (non-hydrogen) atoms. The average Bonchev–Trinajstić information content (AvgIpc) is 2.99. The van der Waals surface area contributed by atoms with Crippen molar-refractivity contribution in [1.82, 2.24) is 24.9 Å². The summed E-state index contributed by atoms with van der Waals surface area (Å²) in [5, 5.41) is 11.8. The second-order valence-corrected chi connectivity index (χ2v) is 4.60. The summed E-state index contributed by atoms with van der Waals surface area (Å²) in [6.45, 7) is 3.26. The van der Waals surface area contributed by atoms with E-state index >= 15 is 0 Å². The Morgan fingerprint density at radius 3 is 3.18 bits per heavy atom. The van der Waals surface area contributed by atoms with Gasteiger partial charge in [-0.25, -0.2) is 4.98 Å². The maximum absolute atomic E-state index is 4.32. The van der Waals surface area contributed by atoms with Crippen LogP contribution >= 0.6 is 0 Å². The van der Waals surface area contributed by atoms with Gasteiger partial charge in [0.1, 0.15) is 5.82 Å². The zero-order valence-corrected chi connectivity index (χ0v) is 10.1. The predicted molar refractivity (Wildman–Crippen MR) is 64.9 cm³/mol. The summed E-state index contributed by atoms with van der Waals surface area (Å²) in [4.78, 5) is 4.32. The predicted octanol–water partition coefficient (Wildman–Crippen LogP) is 0.981. The van der Waals surface area contributed by atoms with Gasteiger partial charge in [0.2, 0.25) is 0 Å². The highest BCUT2D eigenvalue weighted by atomic mass is 15.3. The van der Waals surface area contributed by atoms with Gasteiger partial charge < -0.3 is 5.32 Å². The number of aryl methyl sites for hydroxylation is 1. The van der Waals surface area contributed by atoms with Crippen LogP contribution in [-0.4, -0.2) is 32.2 Å². The summed E-state index contributed by atoms with van der Waals surface area (Å²) in [5.74, 6) is 1.72. The SMILES string of the molecule is CCc1cnc2nnc(CC3CCCN3)n2c1. The topological polar surface area (TPSA) is 55.1 Å². The van der Waals surface area contributed by atoms with E-state index in [2.05, 4.69) is 33.6 Å². The Morgan fingerprint density at radius 1 is 1.47 bits per heavy atom. The Hall–Kier alpha value is -1.49. The molecule has 1 aliphatic rings. The number of hydrogen-bond donors (Lipinski definition) is 1. The molecule has 0 amide bonds. The lowest BCUT2D eigenvalue weighted by Crippen LogP contribution is -2.24. The maximum atomic E-state index is 4.32. The van der Waals surface area contributed by atoms with E-state index in [4.69, 9.17) is 0 Å². The van der Waals surface area contributed by atoms with Crippen LogP contribution in [0.4, 0.5) is 0 Å². The summed E-state index contributed by atoms with van der Waals surface area (Å²) < 4.78 is 2.03. The Balaban J connectivity index is 1.92. The molecule has 0 spiro atoms. The molecule has 1 fully saturated rings. The van der Waals surface area contributed by atoms with Crippen LogP contribution in [0.3, 0.4) is 0 Å². The van der Waals surface area contributed by atoms with Crippen molar-refractivity contribution in [2.75, 3.05) is 6.54 Å². The van der Waals surface area contributed by atoms with Crippen molar-refractivity contribution < 1.29 is 0 Å². The van der Waals surface area contributed by atoms with Crippen molar-refractivity contribution in [3.05, 3.63) is 23.8 Å². The van der Waals surface area contributed by atoms with Gasteiger partial charge in [-0.1, -0.05) is 6.92 Å². The molecular formula is C12H17N5. The van der Waals surface area contributed by atoms with Gasteiger partial charge >= 0.3 is 0 Å². The number of nitrogens with one attached hydrogen (secondary N) is 1. The number of aromatic nitrogens is 4. The Bertz CT molecular complexity index is 513. The van der Waals surface area contributed by atoms with Crippen LogP contribution in [0.1, 0.15) is 31.2 Å². The van der Waals surface area contributed by atoms with Crippen LogP contribution in [0.5, 0.6) is 0 Å². The first-order chi connectivity index (χ1) is 8.36. The smallest absolute Gasteiger partial charge is 0.254 e. The second-order valence-electron chi connectivity index (χ2n) is 4.60. The van der Waals surface area contributed by atoms with E-state index in [0.717, 1.165) is 25.2 Å². The minimum Gasteiger partial charge on any atom is -0.314 e. The van der Waals surface area contributed by atoms with E-state index in [-0.39, 0.29) is 0 Å². The number of fused-ring (bicyclic) bond motifs is 1. The zero-order valence-electron chi connectivity index (χ0n) is 10.1. The third-order valence-electron chi connectivity index (χ3n) is 3.39. The fourth-order valence-corrected chi connectivity index (χ4v) is 2.35. The molecular weight excluding hydrogens is 214 g/mol.